The summed E-state index contributed by atoms with van der Waals surface area (Å²) in [5.41, 5.74) is 5.91. The summed E-state index contributed by atoms with van der Waals surface area (Å²) in [5.74, 6) is -0.475. The van der Waals surface area contributed by atoms with Crippen LogP contribution in [0.1, 0.15) is 9.80 Å². The van der Waals surface area contributed by atoms with E-state index in [0.717, 1.165) is 14.7 Å². The number of amides is 1. The quantitative estimate of drug-likeness (QED) is 0.851. The average molecular weight is 257 g/mol. The molecule has 0 aliphatic heterocycles. The second kappa shape index (κ2) is 3.08. The molecule has 0 saturated carbocycles. The lowest BCUT2D eigenvalue weighted by Gasteiger charge is -1.86. The molecule has 13 heavy (non-hydrogen) atoms. The first-order valence-corrected chi connectivity index (χ1v) is 5.13. The van der Waals surface area contributed by atoms with Gasteiger partial charge in [-0.15, -0.1) is 11.3 Å². The molecule has 66 valence electrons. The fourth-order valence-corrected chi connectivity index (χ4v) is 2.15. The number of rotatable bonds is 1. The highest BCUT2D eigenvalue weighted by Crippen LogP contribution is 2.24. The van der Waals surface area contributed by atoms with Gasteiger partial charge in [-0.3, -0.25) is 4.79 Å². The number of hydrogen-bond acceptors (Lipinski definition) is 3. The zero-order chi connectivity index (χ0) is 9.42. The number of nitrogens with two attached hydrogens (primary N) is 1. The minimum Gasteiger partial charge on any atom is -0.364 e. The fourth-order valence-electron chi connectivity index (χ4n) is 1.01. The number of aromatic nitrogens is 1. The normalized spacial score (nSPS) is 10.5. The third kappa shape index (κ3) is 1.57. The summed E-state index contributed by atoms with van der Waals surface area (Å²) in [7, 11) is 0. The van der Waals surface area contributed by atoms with Crippen LogP contribution in [0.3, 0.4) is 0 Å². The fraction of sp³-hybridized carbons (Fsp3) is 0. The molecule has 0 bridgehead atoms. The highest BCUT2D eigenvalue weighted by Gasteiger charge is 2.07. The topological polar surface area (TPSA) is 56.0 Å². The minimum atomic E-state index is -0.475. The van der Waals surface area contributed by atoms with Gasteiger partial charge in [0.1, 0.15) is 0 Å². The van der Waals surface area contributed by atoms with E-state index in [9.17, 15) is 4.79 Å². The molecule has 2 aromatic rings. The molecule has 0 saturated heterocycles. The minimum absolute atomic E-state index is 0.355. The second-order valence-electron chi connectivity index (χ2n) is 2.50. The molecule has 1 amide bonds. The van der Waals surface area contributed by atoms with Gasteiger partial charge in [-0.1, -0.05) is 15.9 Å². The highest BCUT2D eigenvalue weighted by molar-refractivity contribution is 9.10. The molecule has 1 aromatic heterocycles. The van der Waals surface area contributed by atoms with E-state index in [4.69, 9.17) is 5.73 Å². The molecule has 0 spiro atoms. The van der Waals surface area contributed by atoms with Gasteiger partial charge in [-0.25, -0.2) is 4.98 Å². The summed E-state index contributed by atoms with van der Waals surface area (Å²) in [6.45, 7) is 0. The van der Waals surface area contributed by atoms with Crippen LogP contribution in [0, 0.1) is 0 Å². The van der Waals surface area contributed by atoms with Crippen LogP contribution in [0.5, 0.6) is 0 Å². The summed E-state index contributed by atoms with van der Waals surface area (Å²) in [5, 5.41) is 0.355. The number of fused-ring (bicyclic) bond motifs is 1. The van der Waals surface area contributed by atoms with Crippen molar-refractivity contribution in [1.82, 2.24) is 4.98 Å². The van der Waals surface area contributed by atoms with E-state index < -0.39 is 5.91 Å². The Balaban J connectivity index is 2.68. The monoisotopic (exact) mass is 256 g/mol. The number of nitrogens with zero attached hydrogens (tertiary/aromatic N) is 1. The number of primary amides is 1. The van der Waals surface area contributed by atoms with Crippen LogP contribution in [-0.4, -0.2) is 10.9 Å². The van der Waals surface area contributed by atoms with E-state index >= 15 is 0 Å². The Kier molecular flexibility index (Phi) is 2.05. The number of thiazole rings is 1. The van der Waals surface area contributed by atoms with Crippen LogP contribution < -0.4 is 5.73 Å². The lowest BCUT2D eigenvalue weighted by atomic mass is 10.3. The third-order valence-electron chi connectivity index (χ3n) is 1.56. The van der Waals surface area contributed by atoms with E-state index in [1.54, 1.807) is 0 Å². The van der Waals surface area contributed by atoms with Crippen molar-refractivity contribution in [2.75, 3.05) is 0 Å². The molecular formula is C8H5BrN2OS. The maximum atomic E-state index is 10.8. The first-order valence-electron chi connectivity index (χ1n) is 3.53. The molecule has 0 aliphatic rings. The van der Waals surface area contributed by atoms with Crippen LogP contribution >= 0.6 is 27.3 Å². The van der Waals surface area contributed by atoms with Gasteiger partial charge in [0.15, 0.2) is 5.01 Å². The zero-order valence-corrected chi connectivity index (χ0v) is 8.85. The Morgan fingerprint density at radius 3 is 3.00 bits per heavy atom. The Bertz CT molecular complexity index is 480. The van der Waals surface area contributed by atoms with Gasteiger partial charge in [0, 0.05) is 4.47 Å². The van der Waals surface area contributed by atoms with Gasteiger partial charge in [-0.05, 0) is 18.2 Å². The molecule has 0 fully saturated rings. The van der Waals surface area contributed by atoms with Crippen molar-refractivity contribution >= 4 is 43.4 Å². The maximum Gasteiger partial charge on any atom is 0.277 e. The smallest absolute Gasteiger partial charge is 0.277 e. The molecule has 1 aromatic carbocycles. The van der Waals surface area contributed by atoms with Gasteiger partial charge in [-0.2, -0.15) is 0 Å². The van der Waals surface area contributed by atoms with Crippen molar-refractivity contribution in [3.63, 3.8) is 0 Å². The third-order valence-corrected chi connectivity index (χ3v) is 3.10. The van der Waals surface area contributed by atoms with Crippen molar-refractivity contribution < 1.29 is 4.79 Å². The van der Waals surface area contributed by atoms with Crippen LogP contribution in [0.2, 0.25) is 0 Å². The Labute approximate surface area is 86.7 Å². The average Bonchev–Trinajstić information content (AvgIpc) is 2.46. The molecule has 3 nitrogen and oxygen atoms in total. The summed E-state index contributed by atoms with van der Waals surface area (Å²) in [6.07, 6.45) is 0. The van der Waals surface area contributed by atoms with Crippen molar-refractivity contribution in [3.8, 4) is 0 Å². The highest BCUT2D eigenvalue weighted by atomic mass is 79.9. The largest absolute Gasteiger partial charge is 0.364 e. The Morgan fingerprint density at radius 1 is 1.54 bits per heavy atom. The summed E-state index contributed by atoms with van der Waals surface area (Å²) in [6, 6.07) is 5.67. The van der Waals surface area contributed by atoms with Gasteiger partial charge < -0.3 is 5.73 Å². The first kappa shape index (κ1) is 8.65. The van der Waals surface area contributed by atoms with Crippen molar-refractivity contribution in [2.45, 2.75) is 0 Å². The number of halogens is 1. The van der Waals surface area contributed by atoms with Crippen molar-refractivity contribution in [3.05, 3.63) is 27.7 Å². The molecule has 5 heteroatoms. The SMILES string of the molecule is NC(=O)c1nc2cc(Br)ccc2s1. The number of hydrogen-bond donors (Lipinski definition) is 1. The molecule has 0 atom stereocenters. The lowest BCUT2D eigenvalue weighted by Crippen LogP contribution is -2.09. The van der Waals surface area contributed by atoms with Crippen LogP contribution in [0.4, 0.5) is 0 Å². The lowest BCUT2D eigenvalue weighted by molar-refractivity contribution is 0.1000. The molecular weight excluding hydrogens is 252 g/mol. The van der Waals surface area contributed by atoms with E-state index in [1.165, 1.54) is 11.3 Å². The Hall–Kier alpha value is -0.940. The molecule has 1 heterocycles. The molecule has 0 unspecified atom stereocenters. The van der Waals surface area contributed by atoms with Gasteiger partial charge in [0.25, 0.3) is 5.91 Å². The van der Waals surface area contributed by atoms with E-state index in [1.807, 2.05) is 18.2 Å². The van der Waals surface area contributed by atoms with Gasteiger partial charge in [0.05, 0.1) is 10.2 Å². The van der Waals surface area contributed by atoms with Crippen molar-refractivity contribution in [1.29, 1.82) is 0 Å². The molecule has 2 N–H and O–H groups in total. The van der Waals surface area contributed by atoms with Crippen LogP contribution in [0.15, 0.2) is 22.7 Å². The molecule has 2 rings (SSSR count). The van der Waals surface area contributed by atoms with E-state index in [2.05, 4.69) is 20.9 Å². The summed E-state index contributed by atoms with van der Waals surface area (Å²) >= 11 is 4.63. The zero-order valence-electron chi connectivity index (χ0n) is 6.45. The Morgan fingerprint density at radius 2 is 2.31 bits per heavy atom. The number of benzene rings is 1. The molecule has 0 aliphatic carbocycles. The first-order chi connectivity index (χ1) is 6.16. The molecule has 0 radical (unpaired) electrons. The van der Waals surface area contributed by atoms with Gasteiger partial charge >= 0.3 is 0 Å². The summed E-state index contributed by atoms with van der Waals surface area (Å²) < 4.78 is 1.92. The predicted octanol–water partition coefficient (Wildman–Crippen LogP) is 2.16. The second-order valence-corrected chi connectivity index (χ2v) is 4.44. The van der Waals surface area contributed by atoms with Crippen molar-refractivity contribution in [2.24, 2.45) is 5.73 Å². The standard InChI is InChI=1S/C8H5BrN2OS/c9-4-1-2-6-5(3-4)11-8(13-6)7(10)12/h1-3H,(H2,10,12). The van der Waals surface area contributed by atoms with E-state index in [0.29, 0.717) is 5.01 Å². The van der Waals surface area contributed by atoms with Crippen LogP contribution in [0.25, 0.3) is 10.2 Å². The maximum absolute atomic E-state index is 10.8. The number of carbonyl (C=O) groups excluding carboxylic acids is 1. The van der Waals surface area contributed by atoms with Crippen LogP contribution in [-0.2, 0) is 0 Å². The van der Waals surface area contributed by atoms with Gasteiger partial charge in [0.2, 0.25) is 0 Å². The predicted molar refractivity (Wildman–Crippen MR) is 55.8 cm³/mol. The number of carbonyl (C=O) groups is 1. The van der Waals surface area contributed by atoms with E-state index in [-0.39, 0.29) is 0 Å². The summed E-state index contributed by atoms with van der Waals surface area (Å²) in [4.78, 5) is 14.9.